The Kier molecular flexibility index (Phi) is 3.29. The Morgan fingerprint density at radius 3 is 2.29 bits per heavy atom. The molecule has 1 aromatic rings. The van der Waals surface area contributed by atoms with E-state index < -0.39 is 0 Å². The number of benzene rings is 1. The van der Waals surface area contributed by atoms with Gasteiger partial charge in [-0.1, -0.05) is 43.5 Å². The van der Waals surface area contributed by atoms with Crippen LogP contribution in [0.5, 0.6) is 0 Å². The first-order valence-corrected chi connectivity index (χ1v) is 4.48. The van der Waals surface area contributed by atoms with Gasteiger partial charge in [-0.2, -0.15) is 0 Å². The van der Waals surface area contributed by atoms with E-state index in [1.54, 1.807) is 6.08 Å². The van der Waals surface area contributed by atoms with Crippen LogP contribution in [-0.2, 0) is 0 Å². The summed E-state index contributed by atoms with van der Waals surface area (Å²) >= 11 is 0. The first kappa shape index (κ1) is 10.3. The summed E-state index contributed by atoms with van der Waals surface area (Å²) in [6, 6.07) is 8.12. The van der Waals surface area contributed by atoms with Crippen molar-refractivity contribution in [3.05, 3.63) is 66.9 Å². The molecule has 0 atom stereocenters. The maximum absolute atomic E-state index is 3.86. The number of allylic oxidation sites excluding steroid dienone is 1. The molecule has 1 N–H and O–H groups in total. The molecule has 0 aliphatic rings. The van der Waals surface area contributed by atoms with Crippen molar-refractivity contribution in [2.45, 2.75) is 6.92 Å². The van der Waals surface area contributed by atoms with E-state index in [1.165, 1.54) is 5.56 Å². The van der Waals surface area contributed by atoms with Crippen molar-refractivity contribution < 1.29 is 0 Å². The van der Waals surface area contributed by atoms with Gasteiger partial charge in [-0.3, -0.25) is 0 Å². The summed E-state index contributed by atoms with van der Waals surface area (Å²) in [5, 5.41) is 3.15. The van der Waals surface area contributed by atoms with Crippen LogP contribution < -0.4 is 5.32 Å². The molecular weight excluding hydrogens is 170 g/mol. The lowest BCUT2D eigenvalue weighted by Crippen LogP contribution is -1.98. The molecule has 1 rings (SSSR count). The monoisotopic (exact) mass is 185 g/mol. The summed E-state index contributed by atoms with van der Waals surface area (Å²) in [5.41, 5.74) is 3.85. The smallest absolute Gasteiger partial charge is 0.0384 e. The fourth-order valence-electron chi connectivity index (χ4n) is 1.01. The quantitative estimate of drug-likeness (QED) is 0.706. The van der Waals surface area contributed by atoms with Gasteiger partial charge in [-0.25, -0.2) is 0 Å². The van der Waals surface area contributed by atoms with Gasteiger partial charge in [0.25, 0.3) is 0 Å². The van der Waals surface area contributed by atoms with Gasteiger partial charge in [0.2, 0.25) is 0 Å². The van der Waals surface area contributed by atoms with Crippen molar-refractivity contribution in [2.75, 3.05) is 5.32 Å². The average molecular weight is 185 g/mol. The van der Waals surface area contributed by atoms with Gasteiger partial charge < -0.3 is 5.32 Å². The molecule has 0 unspecified atom stereocenters. The van der Waals surface area contributed by atoms with E-state index in [4.69, 9.17) is 0 Å². The molecule has 72 valence electrons. The van der Waals surface area contributed by atoms with Crippen molar-refractivity contribution in [1.29, 1.82) is 0 Å². The Morgan fingerprint density at radius 1 is 1.21 bits per heavy atom. The molecule has 0 heterocycles. The van der Waals surface area contributed by atoms with Gasteiger partial charge in [0, 0.05) is 11.4 Å². The van der Waals surface area contributed by atoms with Crippen LogP contribution in [-0.4, -0.2) is 0 Å². The largest absolute Gasteiger partial charge is 0.356 e. The zero-order valence-corrected chi connectivity index (χ0v) is 8.51. The van der Waals surface area contributed by atoms with Gasteiger partial charge in [-0.05, 0) is 24.6 Å². The zero-order chi connectivity index (χ0) is 10.6. The maximum Gasteiger partial charge on any atom is 0.0384 e. The SMILES string of the molecule is C=CC(=C)C(=C)Nc1ccc(C)cc1. The van der Waals surface area contributed by atoms with Crippen molar-refractivity contribution in [1.82, 2.24) is 0 Å². The molecule has 0 saturated heterocycles. The first-order chi connectivity index (χ1) is 6.63. The van der Waals surface area contributed by atoms with Crippen molar-refractivity contribution in [2.24, 2.45) is 0 Å². The number of rotatable bonds is 4. The molecule has 0 amide bonds. The summed E-state index contributed by atoms with van der Waals surface area (Å²) in [6.07, 6.45) is 1.68. The van der Waals surface area contributed by atoms with Gasteiger partial charge in [0.05, 0.1) is 0 Å². The van der Waals surface area contributed by atoms with E-state index in [0.29, 0.717) is 0 Å². The average Bonchev–Trinajstić information content (AvgIpc) is 2.20. The second-order valence-corrected chi connectivity index (χ2v) is 3.20. The summed E-state index contributed by atoms with van der Waals surface area (Å²) in [6.45, 7) is 13.4. The highest BCUT2D eigenvalue weighted by atomic mass is 14.9. The van der Waals surface area contributed by atoms with Crippen molar-refractivity contribution in [3.63, 3.8) is 0 Å². The molecule has 1 nitrogen and oxygen atoms in total. The lowest BCUT2D eigenvalue weighted by molar-refractivity contribution is 1.41. The lowest BCUT2D eigenvalue weighted by atomic mass is 10.2. The molecule has 0 spiro atoms. The van der Waals surface area contributed by atoms with Crippen molar-refractivity contribution >= 4 is 5.69 Å². The Labute approximate surface area is 85.5 Å². The third-order valence-electron chi connectivity index (χ3n) is 1.98. The Balaban J connectivity index is 2.70. The van der Waals surface area contributed by atoms with E-state index in [2.05, 4.69) is 32.0 Å². The van der Waals surface area contributed by atoms with Crippen LogP contribution in [0.2, 0.25) is 0 Å². The third kappa shape index (κ3) is 2.63. The Hall–Kier alpha value is -1.76. The summed E-state index contributed by atoms with van der Waals surface area (Å²) in [4.78, 5) is 0. The number of aryl methyl sites for hydroxylation is 1. The number of hydrogen-bond acceptors (Lipinski definition) is 1. The summed E-state index contributed by atoms with van der Waals surface area (Å²) in [7, 11) is 0. The van der Waals surface area contributed by atoms with Crippen LogP contribution in [0.15, 0.2) is 61.3 Å². The molecule has 0 bridgehead atoms. The number of anilines is 1. The van der Waals surface area contributed by atoms with Crippen molar-refractivity contribution in [3.8, 4) is 0 Å². The van der Waals surface area contributed by atoms with Crippen LogP contribution in [0.25, 0.3) is 0 Å². The molecule has 0 aromatic heterocycles. The molecule has 1 heteroatoms. The fraction of sp³-hybridized carbons (Fsp3) is 0.0769. The van der Waals surface area contributed by atoms with E-state index in [1.807, 2.05) is 24.3 Å². The minimum absolute atomic E-state index is 0.781. The third-order valence-corrected chi connectivity index (χ3v) is 1.98. The highest BCUT2D eigenvalue weighted by molar-refractivity contribution is 5.54. The molecule has 0 aliphatic carbocycles. The van der Waals surface area contributed by atoms with E-state index >= 15 is 0 Å². The van der Waals surface area contributed by atoms with E-state index in [-0.39, 0.29) is 0 Å². The lowest BCUT2D eigenvalue weighted by Gasteiger charge is -2.09. The second-order valence-electron chi connectivity index (χ2n) is 3.20. The highest BCUT2D eigenvalue weighted by Gasteiger charge is 1.96. The highest BCUT2D eigenvalue weighted by Crippen LogP contribution is 2.14. The van der Waals surface area contributed by atoms with Gasteiger partial charge >= 0.3 is 0 Å². The predicted molar refractivity (Wildman–Crippen MR) is 63.3 cm³/mol. The van der Waals surface area contributed by atoms with E-state index in [9.17, 15) is 0 Å². The molecule has 1 aromatic carbocycles. The predicted octanol–water partition coefficient (Wildman–Crippen LogP) is 3.66. The number of hydrogen-bond donors (Lipinski definition) is 1. The standard InChI is InChI=1S/C13H15N/c1-5-11(3)12(4)14-13-8-6-10(2)7-9-13/h5-9,14H,1,3-4H2,2H3. The topological polar surface area (TPSA) is 12.0 Å². The Morgan fingerprint density at radius 2 is 1.79 bits per heavy atom. The van der Waals surface area contributed by atoms with Gasteiger partial charge in [0.1, 0.15) is 0 Å². The molecule has 0 radical (unpaired) electrons. The van der Waals surface area contributed by atoms with Crippen LogP contribution in [0, 0.1) is 6.92 Å². The molecular formula is C13H15N. The molecule has 0 aliphatic heterocycles. The first-order valence-electron chi connectivity index (χ1n) is 4.48. The van der Waals surface area contributed by atoms with Gasteiger partial charge in [-0.15, -0.1) is 0 Å². The van der Waals surface area contributed by atoms with Crippen LogP contribution in [0.4, 0.5) is 5.69 Å². The normalized spacial score (nSPS) is 9.21. The van der Waals surface area contributed by atoms with Gasteiger partial charge in [0.15, 0.2) is 0 Å². The maximum atomic E-state index is 3.86. The summed E-state index contributed by atoms with van der Waals surface area (Å²) in [5.74, 6) is 0. The molecule has 14 heavy (non-hydrogen) atoms. The van der Waals surface area contributed by atoms with Crippen LogP contribution in [0.1, 0.15) is 5.56 Å². The van der Waals surface area contributed by atoms with Crippen LogP contribution >= 0.6 is 0 Å². The minimum atomic E-state index is 0.781. The molecule has 0 saturated carbocycles. The Bertz CT molecular complexity index is 357. The minimum Gasteiger partial charge on any atom is -0.356 e. The van der Waals surface area contributed by atoms with E-state index in [0.717, 1.165) is 17.0 Å². The zero-order valence-electron chi connectivity index (χ0n) is 8.51. The molecule has 0 fully saturated rings. The van der Waals surface area contributed by atoms with Crippen LogP contribution in [0.3, 0.4) is 0 Å². The fourth-order valence-corrected chi connectivity index (χ4v) is 1.01. The number of nitrogens with one attached hydrogen (secondary N) is 1. The summed E-state index contributed by atoms with van der Waals surface area (Å²) < 4.78 is 0. The second kappa shape index (κ2) is 4.47.